The molecule has 11 rings (SSSR count). The summed E-state index contributed by atoms with van der Waals surface area (Å²) in [5, 5.41) is 9.16. The fourth-order valence-electron chi connectivity index (χ4n) is 7.95. The number of benzene rings is 8. The van der Waals surface area contributed by atoms with Crippen molar-refractivity contribution in [2.45, 2.75) is 0 Å². The lowest BCUT2D eigenvalue weighted by atomic mass is 9.96. The van der Waals surface area contributed by atoms with Crippen LogP contribution in [0.25, 0.3) is 85.9 Å². The number of hydrogen-bond acceptors (Lipinski definition) is 4. The minimum absolute atomic E-state index is 0.853. The smallest absolute Gasteiger partial charge is 0.143 e. The lowest BCUT2D eigenvalue weighted by Crippen LogP contribution is -2.12. The Morgan fingerprint density at radius 1 is 0.360 bits per heavy atom. The maximum Gasteiger partial charge on any atom is 0.143 e. The van der Waals surface area contributed by atoms with Crippen LogP contribution in [-0.2, 0) is 0 Å². The predicted octanol–water partition coefficient (Wildman–Crippen LogP) is 14.1. The highest BCUT2D eigenvalue weighted by Crippen LogP contribution is 2.51. The first-order chi connectivity index (χ1) is 24.8. The molecule has 4 heteroatoms. The quantitative estimate of drug-likeness (QED) is 0.189. The monoisotopic (exact) mass is 657 g/mol. The van der Waals surface area contributed by atoms with E-state index in [9.17, 15) is 0 Å². The van der Waals surface area contributed by atoms with Crippen molar-refractivity contribution >= 4 is 103 Å². The SMILES string of the molecule is c1ccc(N(c2cccc3oc4ccccc4c23)c2cccc3oc4c5ccccc5ccc4c23)c(-c2cccc3sc4ccccc4c23)c1. The van der Waals surface area contributed by atoms with Gasteiger partial charge in [-0.2, -0.15) is 0 Å². The van der Waals surface area contributed by atoms with Crippen LogP contribution in [0.15, 0.2) is 173 Å². The van der Waals surface area contributed by atoms with Crippen LogP contribution in [0.4, 0.5) is 17.1 Å². The van der Waals surface area contributed by atoms with Crippen molar-refractivity contribution in [2.24, 2.45) is 0 Å². The van der Waals surface area contributed by atoms with E-state index >= 15 is 0 Å². The van der Waals surface area contributed by atoms with Crippen LogP contribution in [0.2, 0.25) is 0 Å². The first kappa shape index (κ1) is 27.6. The Balaban J connectivity index is 1.28. The molecule has 0 saturated heterocycles. The van der Waals surface area contributed by atoms with Crippen molar-refractivity contribution in [2.75, 3.05) is 4.90 Å². The maximum atomic E-state index is 6.74. The molecule has 3 nitrogen and oxygen atoms in total. The Hall–Kier alpha value is -6.36. The number of furan rings is 2. The van der Waals surface area contributed by atoms with Gasteiger partial charge in [-0.3, -0.25) is 0 Å². The molecule has 11 aromatic rings. The van der Waals surface area contributed by atoms with Crippen molar-refractivity contribution < 1.29 is 8.83 Å². The molecule has 8 aromatic carbocycles. The van der Waals surface area contributed by atoms with E-state index in [1.807, 2.05) is 17.4 Å². The largest absolute Gasteiger partial charge is 0.456 e. The third kappa shape index (κ3) is 3.91. The predicted molar refractivity (Wildman–Crippen MR) is 212 cm³/mol. The van der Waals surface area contributed by atoms with Crippen molar-refractivity contribution in [3.63, 3.8) is 0 Å². The molecule has 0 amide bonds. The number of para-hydroxylation sites is 2. The molecule has 0 radical (unpaired) electrons. The van der Waals surface area contributed by atoms with E-state index in [0.29, 0.717) is 0 Å². The van der Waals surface area contributed by atoms with Gasteiger partial charge in [0.2, 0.25) is 0 Å². The normalized spacial score (nSPS) is 12.0. The zero-order valence-corrected chi connectivity index (χ0v) is 27.6. The Morgan fingerprint density at radius 2 is 0.960 bits per heavy atom. The van der Waals surface area contributed by atoms with Crippen LogP contribution in [0.3, 0.4) is 0 Å². The summed E-state index contributed by atoms with van der Waals surface area (Å²) in [5.41, 5.74) is 9.02. The summed E-state index contributed by atoms with van der Waals surface area (Å²) in [4.78, 5) is 2.43. The molecular formula is C46H27NO2S. The number of thiophene rings is 1. The highest BCUT2D eigenvalue weighted by Gasteiger charge is 2.26. The van der Waals surface area contributed by atoms with Crippen molar-refractivity contribution in [1.82, 2.24) is 0 Å². The second-order valence-electron chi connectivity index (χ2n) is 12.8. The molecule has 0 N–H and O–H groups in total. The van der Waals surface area contributed by atoms with Crippen LogP contribution < -0.4 is 4.90 Å². The van der Waals surface area contributed by atoms with Gasteiger partial charge in [0, 0.05) is 41.9 Å². The van der Waals surface area contributed by atoms with Gasteiger partial charge in [0.25, 0.3) is 0 Å². The zero-order chi connectivity index (χ0) is 32.8. The maximum absolute atomic E-state index is 6.74. The Morgan fingerprint density at radius 3 is 1.84 bits per heavy atom. The number of anilines is 3. The molecule has 0 spiro atoms. The minimum Gasteiger partial charge on any atom is -0.456 e. The van der Waals surface area contributed by atoms with Gasteiger partial charge in [-0.05, 0) is 65.5 Å². The summed E-state index contributed by atoms with van der Waals surface area (Å²) < 4.78 is 15.8. The molecule has 0 atom stereocenters. The van der Waals surface area contributed by atoms with Crippen molar-refractivity contribution in [1.29, 1.82) is 0 Å². The van der Waals surface area contributed by atoms with Crippen LogP contribution in [0.1, 0.15) is 0 Å². The molecule has 0 fully saturated rings. The summed E-state index contributed by atoms with van der Waals surface area (Å²) in [7, 11) is 0. The third-order valence-electron chi connectivity index (χ3n) is 10.1. The van der Waals surface area contributed by atoms with Gasteiger partial charge in [-0.1, -0.05) is 109 Å². The molecule has 0 saturated carbocycles. The van der Waals surface area contributed by atoms with E-state index in [2.05, 4.69) is 163 Å². The Kier molecular flexibility index (Phi) is 5.83. The van der Waals surface area contributed by atoms with Crippen molar-refractivity contribution in [3.05, 3.63) is 164 Å². The molecular weight excluding hydrogens is 631 g/mol. The average molecular weight is 658 g/mol. The number of nitrogens with zero attached hydrogens (tertiary/aromatic N) is 1. The molecule has 3 heterocycles. The summed E-state index contributed by atoms with van der Waals surface area (Å²) in [6, 6.07) is 58.3. The lowest BCUT2D eigenvalue weighted by molar-refractivity contribution is 0.669. The van der Waals surface area contributed by atoms with E-state index < -0.39 is 0 Å². The van der Waals surface area contributed by atoms with Gasteiger partial charge in [-0.15, -0.1) is 11.3 Å². The summed E-state index contributed by atoms with van der Waals surface area (Å²) in [6.07, 6.45) is 0. The number of hydrogen-bond donors (Lipinski definition) is 0. The molecule has 0 aliphatic carbocycles. The van der Waals surface area contributed by atoms with Crippen LogP contribution >= 0.6 is 11.3 Å². The second kappa shape index (κ2) is 10.6. The summed E-state index contributed by atoms with van der Waals surface area (Å²) in [5.74, 6) is 0. The van der Waals surface area contributed by atoms with Crippen LogP contribution in [0.5, 0.6) is 0 Å². The minimum atomic E-state index is 0.853. The van der Waals surface area contributed by atoms with Gasteiger partial charge in [-0.25, -0.2) is 0 Å². The Bertz CT molecular complexity index is 3130. The lowest BCUT2D eigenvalue weighted by Gasteiger charge is -2.29. The molecule has 3 aromatic heterocycles. The molecule has 0 bridgehead atoms. The summed E-state index contributed by atoms with van der Waals surface area (Å²) >= 11 is 1.85. The average Bonchev–Trinajstić information content (AvgIpc) is 3.87. The molecule has 0 aliphatic rings. The van der Waals surface area contributed by atoms with E-state index in [-0.39, 0.29) is 0 Å². The van der Waals surface area contributed by atoms with Gasteiger partial charge in [0.1, 0.15) is 22.3 Å². The molecule has 0 aliphatic heterocycles. The van der Waals surface area contributed by atoms with Crippen molar-refractivity contribution in [3.8, 4) is 11.1 Å². The first-order valence-corrected chi connectivity index (χ1v) is 17.7. The number of fused-ring (bicyclic) bond motifs is 11. The van der Waals surface area contributed by atoms with E-state index in [1.54, 1.807) is 0 Å². The standard InChI is InChI=1S/C46H27NO2S/c1-2-13-29-28(12-1)26-27-34-45-37(20-11-23-40(45)49-46(29)34)47(36-19-10-22-39-44(36)32-15-4-7-21-38(32)48-39)35-18-6-3-14-30(35)31-17-9-25-42-43(31)33-16-5-8-24-41(33)50-42/h1-27H. The van der Waals surface area contributed by atoms with Gasteiger partial charge in [0.15, 0.2) is 0 Å². The first-order valence-electron chi connectivity index (χ1n) is 16.8. The van der Waals surface area contributed by atoms with Gasteiger partial charge in [0.05, 0.1) is 27.8 Å². The van der Waals surface area contributed by atoms with E-state index in [4.69, 9.17) is 8.83 Å². The highest BCUT2D eigenvalue weighted by molar-refractivity contribution is 7.25. The molecule has 0 unspecified atom stereocenters. The summed E-state index contributed by atoms with van der Waals surface area (Å²) in [6.45, 7) is 0. The van der Waals surface area contributed by atoms with Gasteiger partial charge >= 0.3 is 0 Å². The third-order valence-corrected chi connectivity index (χ3v) is 11.2. The van der Waals surface area contributed by atoms with Gasteiger partial charge < -0.3 is 13.7 Å². The topological polar surface area (TPSA) is 29.5 Å². The van der Waals surface area contributed by atoms with Crippen LogP contribution in [-0.4, -0.2) is 0 Å². The molecule has 50 heavy (non-hydrogen) atoms. The van der Waals surface area contributed by atoms with E-state index in [0.717, 1.165) is 77.3 Å². The highest BCUT2D eigenvalue weighted by atomic mass is 32.1. The number of rotatable bonds is 4. The zero-order valence-electron chi connectivity index (χ0n) is 26.8. The fraction of sp³-hybridized carbons (Fsp3) is 0. The van der Waals surface area contributed by atoms with Crippen LogP contribution in [0, 0.1) is 0 Å². The second-order valence-corrected chi connectivity index (χ2v) is 13.9. The molecule has 234 valence electrons. The fourth-order valence-corrected chi connectivity index (χ4v) is 9.08. The Labute approximate surface area is 290 Å². The van der Waals surface area contributed by atoms with E-state index in [1.165, 1.54) is 25.7 Å².